The van der Waals surface area contributed by atoms with Gasteiger partial charge in [-0.1, -0.05) is 133 Å². The molecule has 0 N–H and O–H groups in total. The maximum absolute atomic E-state index is 6.49. The molecule has 0 amide bonds. The first-order valence-corrected chi connectivity index (χ1v) is 18.0. The number of hydrogen-bond acceptors (Lipinski definition) is 5. The van der Waals surface area contributed by atoms with Crippen molar-refractivity contribution < 1.29 is 4.42 Å². The Hall–Kier alpha value is -7.44. The fraction of sp³-hybridized carbons (Fsp3) is 0. The summed E-state index contributed by atoms with van der Waals surface area (Å²) < 4.78 is 6.49. The Kier molecular flexibility index (Phi) is 6.75. The molecule has 11 aromatic rings. The summed E-state index contributed by atoms with van der Waals surface area (Å²) >= 11 is 0. The van der Waals surface area contributed by atoms with Crippen molar-refractivity contribution in [3.8, 4) is 50.7 Å². The van der Waals surface area contributed by atoms with E-state index in [9.17, 15) is 0 Å². The number of aromatic nitrogens is 5. The molecule has 54 heavy (non-hydrogen) atoms. The van der Waals surface area contributed by atoms with Crippen LogP contribution in [0.15, 0.2) is 180 Å². The summed E-state index contributed by atoms with van der Waals surface area (Å²) in [5.74, 6) is 0.605. The Labute approximate surface area is 309 Å². The summed E-state index contributed by atoms with van der Waals surface area (Å²) in [6, 6.07) is 60.5. The smallest absolute Gasteiger partial charge is 0.164 e. The zero-order valence-corrected chi connectivity index (χ0v) is 28.9. The van der Waals surface area contributed by atoms with Gasteiger partial charge in [0.05, 0.1) is 22.6 Å². The quantitative estimate of drug-likeness (QED) is 0.168. The molecule has 0 saturated carbocycles. The Morgan fingerprint density at radius 1 is 0.444 bits per heavy atom. The fourth-order valence-electron chi connectivity index (χ4n) is 7.72. The monoisotopic (exact) mass is 691 g/mol. The molecule has 6 nitrogen and oxygen atoms in total. The number of hydrogen-bond donors (Lipinski definition) is 0. The lowest BCUT2D eigenvalue weighted by molar-refractivity contribution is 0.669. The highest BCUT2D eigenvalue weighted by atomic mass is 16.3. The first kappa shape index (κ1) is 30.2. The lowest BCUT2D eigenvalue weighted by Crippen LogP contribution is -1.97. The van der Waals surface area contributed by atoms with Crippen molar-refractivity contribution in [3.05, 3.63) is 176 Å². The normalized spacial score (nSPS) is 11.7. The van der Waals surface area contributed by atoms with Crippen molar-refractivity contribution in [1.82, 2.24) is 25.0 Å². The highest BCUT2D eigenvalue weighted by molar-refractivity contribution is 6.18. The van der Waals surface area contributed by atoms with Gasteiger partial charge in [-0.25, -0.2) is 9.97 Å². The van der Waals surface area contributed by atoms with Gasteiger partial charge < -0.3 is 4.42 Å². The molecule has 0 atom stereocenters. The molecule has 3 heterocycles. The second kappa shape index (κ2) is 12.1. The van der Waals surface area contributed by atoms with Crippen LogP contribution in [0.3, 0.4) is 0 Å². The Balaban J connectivity index is 1.13. The van der Waals surface area contributed by atoms with Crippen molar-refractivity contribution >= 4 is 54.5 Å². The zero-order valence-electron chi connectivity index (χ0n) is 28.9. The van der Waals surface area contributed by atoms with Crippen LogP contribution in [0.5, 0.6) is 0 Å². The molecule has 0 unspecified atom stereocenters. The maximum atomic E-state index is 6.49. The van der Waals surface area contributed by atoms with Crippen LogP contribution in [-0.2, 0) is 0 Å². The molecule has 0 aliphatic rings. The molecule has 11 rings (SSSR count). The molecular formula is C48H29N5O. The van der Waals surface area contributed by atoms with Crippen molar-refractivity contribution in [1.29, 1.82) is 0 Å². The van der Waals surface area contributed by atoms with Crippen LogP contribution in [0, 0.1) is 0 Å². The van der Waals surface area contributed by atoms with Crippen molar-refractivity contribution in [2.75, 3.05) is 0 Å². The Morgan fingerprint density at radius 3 is 2.04 bits per heavy atom. The lowest BCUT2D eigenvalue weighted by atomic mass is 9.95. The Bertz CT molecular complexity index is 3220. The van der Waals surface area contributed by atoms with E-state index in [0.717, 1.165) is 99.4 Å². The van der Waals surface area contributed by atoms with Crippen molar-refractivity contribution in [3.63, 3.8) is 0 Å². The van der Waals surface area contributed by atoms with Gasteiger partial charge >= 0.3 is 0 Å². The molecule has 0 spiro atoms. The number of furan rings is 1. The van der Waals surface area contributed by atoms with Crippen LogP contribution in [0.2, 0.25) is 0 Å². The van der Waals surface area contributed by atoms with Gasteiger partial charge in [-0.05, 0) is 69.8 Å². The topological polar surface area (TPSA) is 69.6 Å². The molecule has 0 aliphatic heterocycles. The van der Waals surface area contributed by atoms with Crippen LogP contribution in [0.1, 0.15) is 0 Å². The summed E-state index contributed by atoms with van der Waals surface area (Å²) in [5, 5.41) is 16.3. The minimum absolute atomic E-state index is 0.605. The Morgan fingerprint density at radius 2 is 1.15 bits per heavy atom. The highest BCUT2D eigenvalue weighted by Crippen LogP contribution is 2.39. The minimum atomic E-state index is 0.605. The largest absolute Gasteiger partial charge is 0.455 e. The second-order valence-electron chi connectivity index (χ2n) is 13.5. The third-order valence-corrected chi connectivity index (χ3v) is 10.3. The number of rotatable bonds is 5. The summed E-state index contributed by atoms with van der Waals surface area (Å²) in [6.45, 7) is 0. The van der Waals surface area contributed by atoms with Gasteiger partial charge in [0.15, 0.2) is 5.82 Å². The van der Waals surface area contributed by atoms with E-state index in [2.05, 4.69) is 115 Å². The van der Waals surface area contributed by atoms with Gasteiger partial charge in [-0.3, -0.25) is 0 Å². The SMILES string of the molecule is c1ccc(-c2ccccc2-c2cc(-c3ccc4c(ccc5ccc6nn(-c7ccccc7)nc6c54)c3)nc(-c3cccc4c3oc3ccccc34)n2)cc1. The summed E-state index contributed by atoms with van der Waals surface area (Å²) in [7, 11) is 0. The van der Waals surface area contributed by atoms with Gasteiger partial charge in [0.2, 0.25) is 0 Å². The molecule has 6 heteroatoms. The van der Waals surface area contributed by atoms with E-state index in [1.54, 1.807) is 4.80 Å². The van der Waals surface area contributed by atoms with E-state index in [4.69, 9.17) is 24.6 Å². The zero-order chi connectivity index (χ0) is 35.6. The predicted molar refractivity (Wildman–Crippen MR) is 218 cm³/mol. The van der Waals surface area contributed by atoms with E-state index >= 15 is 0 Å². The standard InChI is InChI=1S/C48H29N5O/c1-3-12-30(13-4-1)35-16-7-8-17-37(35)43-29-42(49-48(50-43)40-20-11-19-39-38-18-9-10-21-44(38)54-47(39)40)33-24-26-36-32(28-33)23-22-31-25-27-41-46(45(31)36)52-53(51-41)34-14-5-2-6-15-34/h1-29H. The van der Waals surface area contributed by atoms with Gasteiger partial charge in [0.1, 0.15) is 22.2 Å². The van der Waals surface area contributed by atoms with Crippen molar-refractivity contribution in [2.45, 2.75) is 0 Å². The van der Waals surface area contributed by atoms with Gasteiger partial charge in [-0.15, -0.1) is 10.2 Å². The summed E-state index contributed by atoms with van der Waals surface area (Å²) in [6.07, 6.45) is 0. The van der Waals surface area contributed by atoms with Crippen LogP contribution in [-0.4, -0.2) is 25.0 Å². The van der Waals surface area contributed by atoms with Crippen LogP contribution < -0.4 is 0 Å². The van der Waals surface area contributed by atoms with Gasteiger partial charge in [0, 0.05) is 27.3 Å². The number of fused-ring (bicyclic) bond motifs is 8. The average molecular weight is 692 g/mol. The summed E-state index contributed by atoms with van der Waals surface area (Å²) in [5.41, 5.74) is 11.0. The molecule has 0 aliphatic carbocycles. The van der Waals surface area contributed by atoms with Gasteiger partial charge in [0.25, 0.3) is 0 Å². The molecule has 3 aromatic heterocycles. The molecule has 0 saturated heterocycles. The average Bonchev–Trinajstić information content (AvgIpc) is 3.86. The van der Waals surface area contributed by atoms with E-state index in [1.165, 1.54) is 0 Å². The van der Waals surface area contributed by atoms with E-state index < -0.39 is 0 Å². The number of benzene rings is 8. The lowest BCUT2D eigenvalue weighted by Gasteiger charge is -2.13. The highest BCUT2D eigenvalue weighted by Gasteiger charge is 2.19. The number of nitrogens with zero attached hydrogens (tertiary/aromatic N) is 5. The van der Waals surface area contributed by atoms with E-state index in [-0.39, 0.29) is 0 Å². The molecule has 0 fully saturated rings. The van der Waals surface area contributed by atoms with E-state index in [1.807, 2.05) is 60.7 Å². The van der Waals surface area contributed by atoms with Crippen molar-refractivity contribution in [2.24, 2.45) is 0 Å². The molecule has 0 radical (unpaired) electrons. The third kappa shape index (κ3) is 4.89. The first-order chi connectivity index (χ1) is 26.7. The number of para-hydroxylation sites is 3. The fourth-order valence-corrected chi connectivity index (χ4v) is 7.72. The van der Waals surface area contributed by atoms with Gasteiger partial charge in [-0.2, -0.15) is 4.80 Å². The first-order valence-electron chi connectivity index (χ1n) is 18.0. The second-order valence-corrected chi connectivity index (χ2v) is 13.5. The molecule has 8 aromatic carbocycles. The van der Waals surface area contributed by atoms with E-state index in [0.29, 0.717) is 5.82 Å². The maximum Gasteiger partial charge on any atom is 0.164 e. The van der Waals surface area contributed by atoms with Crippen LogP contribution in [0.4, 0.5) is 0 Å². The molecule has 0 bridgehead atoms. The van der Waals surface area contributed by atoms with Crippen LogP contribution >= 0.6 is 0 Å². The summed E-state index contributed by atoms with van der Waals surface area (Å²) in [4.78, 5) is 12.3. The third-order valence-electron chi connectivity index (χ3n) is 10.3. The van der Waals surface area contributed by atoms with Crippen LogP contribution in [0.25, 0.3) is 105 Å². The molecule has 252 valence electrons. The predicted octanol–water partition coefficient (Wildman–Crippen LogP) is 12.1. The minimum Gasteiger partial charge on any atom is -0.455 e. The molecular weight excluding hydrogens is 663 g/mol.